The third-order valence-electron chi connectivity index (χ3n) is 2.76. The highest BCUT2D eigenvalue weighted by atomic mass is 19.1. The molecule has 0 spiro atoms. The molecule has 0 aliphatic heterocycles. The molecule has 0 unspecified atom stereocenters. The van der Waals surface area contributed by atoms with Crippen molar-refractivity contribution >= 4 is 17.8 Å². The second kappa shape index (κ2) is 7.55. The van der Waals surface area contributed by atoms with E-state index in [0.29, 0.717) is 5.56 Å². The van der Waals surface area contributed by atoms with Crippen LogP contribution in [0.4, 0.5) is 10.1 Å². The summed E-state index contributed by atoms with van der Waals surface area (Å²) in [6.45, 7) is -0.0916. The third kappa shape index (κ3) is 4.42. The summed E-state index contributed by atoms with van der Waals surface area (Å²) in [5.41, 5.74) is 3.89. The van der Waals surface area contributed by atoms with Crippen LogP contribution >= 0.6 is 0 Å². The molecule has 2 aromatic carbocycles. The lowest BCUT2D eigenvalue weighted by atomic mass is 10.2. The van der Waals surface area contributed by atoms with Gasteiger partial charge in [0.1, 0.15) is 5.82 Å². The van der Waals surface area contributed by atoms with Crippen molar-refractivity contribution in [1.29, 1.82) is 5.26 Å². The zero-order chi connectivity index (χ0) is 15.8. The van der Waals surface area contributed by atoms with Crippen molar-refractivity contribution in [2.24, 2.45) is 5.10 Å². The lowest BCUT2D eigenvalue weighted by Crippen LogP contribution is -2.26. The van der Waals surface area contributed by atoms with Gasteiger partial charge in [0.15, 0.2) is 0 Å². The van der Waals surface area contributed by atoms with Crippen molar-refractivity contribution < 1.29 is 9.18 Å². The van der Waals surface area contributed by atoms with Crippen LogP contribution in [0.5, 0.6) is 0 Å². The first-order valence-corrected chi connectivity index (χ1v) is 6.49. The molecule has 2 N–H and O–H groups in total. The number of anilines is 1. The summed E-state index contributed by atoms with van der Waals surface area (Å²) in [4.78, 5) is 11.6. The Bertz CT molecular complexity index is 720. The number of carbonyl (C=O) groups excluding carboxylic acids is 1. The molecule has 0 aromatic heterocycles. The Hall–Kier alpha value is -3.20. The zero-order valence-electron chi connectivity index (χ0n) is 11.6. The average molecular weight is 296 g/mol. The van der Waals surface area contributed by atoms with E-state index in [-0.39, 0.29) is 12.2 Å². The Labute approximate surface area is 127 Å². The number of nitriles is 1. The Morgan fingerprint density at radius 2 is 1.95 bits per heavy atom. The molecule has 6 heteroatoms. The Morgan fingerprint density at radius 3 is 2.64 bits per heavy atom. The Morgan fingerprint density at radius 1 is 1.23 bits per heavy atom. The van der Waals surface area contributed by atoms with Gasteiger partial charge in [-0.15, -0.1) is 0 Å². The summed E-state index contributed by atoms with van der Waals surface area (Å²) in [5, 5.41) is 15.1. The molecule has 0 fully saturated rings. The maximum atomic E-state index is 13.3. The van der Waals surface area contributed by atoms with Gasteiger partial charge in [-0.2, -0.15) is 10.4 Å². The minimum absolute atomic E-state index is 0.0916. The smallest absolute Gasteiger partial charge is 0.259 e. The van der Waals surface area contributed by atoms with Crippen LogP contribution in [0.1, 0.15) is 11.1 Å². The van der Waals surface area contributed by atoms with Crippen molar-refractivity contribution in [3.8, 4) is 6.07 Å². The summed E-state index contributed by atoms with van der Waals surface area (Å²) in [6.07, 6.45) is 1.46. The molecule has 2 aromatic rings. The van der Waals surface area contributed by atoms with Crippen molar-refractivity contribution in [2.75, 3.05) is 11.9 Å². The largest absolute Gasteiger partial charge is 0.374 e. The third-order valence-corrected chi connectivity index (χ3v) is 2.76. The molecular weight excluding hydrogens is 283 g/mol. The minimum atomic E-state index is -0.420. The Kier molecular flexibility index (Phi) is 5.21. The SMILES string of the molecule is N#Cc1ccc(/C=N\NC(=O)CNc2ccccc2F)cc1. The molecule has 5 nitrogen and oxygen atoms in total. The van der Waals surface area contributed by atoms with Gasteiger partial charge in [-0.25, -0.2) is 9.82 Å². The van der Waals surface area contributed by atoms with Crippen LogP contribution in [0, 0.1) is 17.1 Å². The monoisotopic (exact) mass is 296 g/mol. The van der Waals surface area contributed by atoms with E-state index in [0.717, 1.165) is 5.56 Å². The van der Waals surface area contributed by atoms with Crippen molar-refractivity contribution in [3.63, 3.8) is 0 Å². The first kappa shape index (κ1) is 15.2. The fourth-order valence-corrected chi connectivity index (χ4v) is 1.64. The first-order chi connectivity index (χ1) is 10.7. The molecule has 22 heavy (non-hydrogen) atoms. The number of amides is 1. The molecule has 0 heterocycles. The highest BCUT2D eigenvalue weighted by molar-refractivity contribution is 5.84. The minimum Gasteiger partial charge on any atom is -0.374 e. The van der Waals surface area contributed by atoms with E-state index in [1.807, 2.05) is 6.07 Å². The predicted octanol–water partition coefficient (Wildman–Crippen LogP) is 2.26. The topological polar surface area (TPSA) is 77.3 Å². The molecule has 110 valence electrons. The molecule has 0 radical (unpaired) electrons. The van der Waals surface area contributed by atoms with Gasteiger partial charge in [-0.3, -0.25) is 4.79 Å². The second-order valence-electron chi connectivity index (χ2n) is 4.36. The summed E-state index contributed by atoms with van der Waals surface area (Å²) < 4.78 is 13.3. The van der Waals surface area contributed by atoms with E-state index in [9.17, 15) is 9.18 Å². The van der Waals surface area contributed by atoms with Crippen LogP contribution in [-0.2, 0) is 4.79 Å². The Balaban J connectivity index is 1.81. The van der Waals surface area contributed by atoms with Crippen LogP contribution < -0.4 is 10.7 Å². The molecule has 0 aliphatic rings. The number of nitrogens with one attached hydrogen (secondary N) is 2. The molecular formula is C16H13FN4O. The zero-order valence-corrected chi connectivity index (χ0v) is 11.6. The standard InChI is InChI=1S/C16H13FN4O/c17-14-3-1-2-4-15(14)19-11-16(22)21-20-10-13-7-5-12(9-18)6-8-13/h1-8,10,19H,11H2,(H,21,22)/b20-10-. The lowest BCUT2D eigenvalue weighted by Gasteiger charge is -2.05. The van der Waals surface area contributed by atoms with Gasteiger partial charge in [-0.1, -0.05) is 24.3 Å². The number of halogens is 1. The van der Waals surface area contributed by atoms with E-state index in [1.165, 1.54) is 12.3 Å². The number of nitrogens with zero attached hydrogens (tertiary/aromatic N) is 2. The molecule has 0 bridgehead atoms. The van der Waals surface area contributed by atoms with Crippen LogP contribution in [0.15, 0.2) is 53.6 Å². The number of benzene rings is 2. The van der Waals surface area contributed by atoms with Gasteiger partial charge in [0, 0.05) is 0 Å². The van der Waals surface area contributed by atoms with E-state index >= 15 is 0 Å². The first-order valence-electron chi connectivity index (χ1n) is 6.49. The molecule has 0 saturated carbocycles. The molecule has 0 saturated heterocycles. The van der Waals surface area contributed by atoms with E-state index < -0.39 is 11.7 Å². The fraction of sp³-hybridized carbons (Fsp3) is 0.0625. The quantitative estimate of drug-likeness (QED) is 0.656. The summed E-state index contributed by atoms with van der Waals surface area (Å²) in [5.74, 6) is -0.815. The summed E-state index contributed by atoms with van der Waals surface area (Å²) in [6, 6.07) is 14.8. The van der Waals surface area contributed by atoms with Crippen LogP contribution in [0.2, 0.25) is 0 Å². The average Bonchev–Trinajstić information content (AvgIpc) is 2.55. The molecule has 0 aliphatic carbocycles. The van der Waals surface area contributed by atoms with E-state index in [4.69, 9.17) is 5.26 Å². The fourth-order valence-electron chi connectivity index (χ4n) is 1.64. The van der Waals surface area contributed by atoms with Crippen LogP contribution in [0.25, 0.3) is 0 Å². The van der Waals surface area contributed by atoms with Crippen molar-refractivity contribution in [3.05, 3.63) is 65.5 Å². The van der Waals surface area contributed by atoms with Gasteiger partial charge in [0.25, 0.3) is 5.91 Å². The highest BCUT2D eigenvalue weighted by Crippen LogP contribution is 2.11. The highest BCUT2D eigenvalue weighted by Gasteiger charge is 2.02. The summed E-state index contributed by atoms with van der Waals surface area (Å²) >= 11 is 0. The van der Waals surface area contributed by atoms with Gasteiger partial charge >= 0.3 is 0 Å². The molecule has 1 amide bonds. The number of hydrogen-bond donors (Lipinski definition) is 2. The van der Waals surface area contributed by atoms with Crippen molar-refractivity contribution in [1.82, 2.24) is 5.43 Å². The van der Waals surface area contributed by atoms with Crippen molar-refractivity contribution in [2.45, 2.75) is 0 Å². The van der Waals surface area contributed by atoms with Crippen LogP contribution in [-0.4, -0.2) is 18.7 Å². The maximum Gasteiger partial charge on any atom is 0.259 e. The lowest BCUT2D eigenvalue weighted by molar-refractivity contribution is -0.119. The van der Waals surface area contributed by atoms with E-state index in [1.54, 1.807) is 42.5 Å². The molecule has 0 atom stereocenters. The number of carbonyl (C=O) groups is 1. The summed E-state index contributed by atoms with van der Waals surface area (Å²) in [7, 11) is 0. The number of hydrazone groups is 1. The maximum absolute atomic E-state index is 13.3. The second-order valence-corrected chi connectivity index (χ2v) is 4.36. The van der Waals surface area contributed by atoms with Crippen LogP contribution in [0.3, 0.4) is 0 Å². The van der Waals surface area contributed by atoms with Gasteiger partial charge in [0.2, 0.25) is 0 Å². The van der Waals surface area contributed by atoms with Gasteiger partial charge in [-0.05, 0) is 29.8 Å². The normalized spacial score (nSPS) is 10.2. The predicted molar refractivity (Wildman–Crippen MR) is 81.8 cm³/mol. The van der Waals surface area contributed by atoms with Gasteiger partial charge < -0.3 is 5.32 Å². The van der Waals surface area contributed by atoms with Gasteiger partial charge in [0.05, 0.1) is 30.1 Å². The number of rotatable bonds is 5. The molecule has 2 rings (SSSR count). The number of para-hydroxylation sites is 1. The van der Waals surface area contributed by atoms with E-state index in [2.05, 4.69) is 15.8 Å². The number of hydrogen-bond acceptors (Lipinski definition) is 4.